The second kappa shape index (κ2) is 5.02. The number of benzene rings is 1. The van der Waals surface area contributed by atoms with Gasteiger partial charge in [-0.15, -0.1) is 0 Å². The highest BCUT2D eigenvalue weighted by Gasteiger charge is 1.93. The topological polar surface area (TPSA) is 29.1 Å². The largest absolute Gasteiger partial charge is 0.326 e. The van der Waals surface area contributed by atoms with Crippen molar-refractivity contribution in [2.24, 2.45) is 0 Å². The summed E-state index contributed by atoms with van der Waals surface area (Å²) in [6, 6.07) is 7.60. The van der Waals surface area contributed by atoms with Crippen molar-refractivity contribution in [3.05, 3.63) is 48.6 Å². The van der Waals surface area contributed by atoms with E-state index in [1.807, 2.05) is 36.4 Å². The lowest BCUT2D eigenvalue weighted by Gasteiger charge is -2.01. The van der Waals surface area contributed by atoms with Gasteiger partial charge in [-0.2, -0.15) is 0 Å². The van der Waals surface area contributed by atoms with Crippen LogP contribution in [-0.4, -0.2) is 5.91 Å². The lowest BCUT2D eigenvalue weighted by molar-refractivity contribution is -0.114. The first-order valence-corrected chi connectivity index (χ1v) is 4.39. The molecule has 0 fully saturated rings. The van der Waals surface area contributed by atoms with Crippen LogP contribution in [0.25, 0.3) is 6.08 Å². The fourth-order valence-corrected chi connectivity index (χ4v) is 1.06. The third kappa shape index (κ3) is 3.27. The minimum Gasteiger partial charge on any atom is -0.326 e. The third-order valence-electron chi connectivity index (χ3n) is 1.66. The third-order valence-corrected chi connectivity index (χ3v) is 1.66. The van der Waals surface area contributed by atoms with E-state index in [0.29, 0.717) is 0 Å². The van der Waals surface area contributed by atoms with Crippen molar-refractivity contribution in [3.63, 3.8) is 0 Å². The van der Waals surface area contributed by atoms with Crippen LogP contribution < -0.4 is 5.32 Å². The van der Waals surface area contributed by atoms with E-state index in [2.05, 4.69) is 11.9 Å². The van der Waals surface area contributed by atoms with Crippen molar-refractivity contribution in [2.45, 2.75) is 6.92 Å². The van der Waals surface area contributed by atoms with Gasteiger partial charge in [-0.05, 0) is 17.7 Å². The molecule has 0 aliphatic heterocycles. The van der Waals surface area contributed by atoms with Crippen molar-refractivity contribution in [3.8, 4) is 0 Å². The molecule has 14 heavy (non-hydrogen) atoms. The van der Waals surface area contributed by atoms with Crippen LogP contribution in [0, 0.1) is 0 Å². The number of anilines is 1. The van der Waals surface area contributed by atoms with Gasteiger partial charge >= 0.3 is 0 Å². The van der Waals surface area contributed by atoms with Crippen LogP contribution in [0.2, 0.25) is 0 Å². The zero-order valence-electron chi connectivity index (χ0n) is 8.16. The van der Waals surface area contributed by atoms with Crippen LogP contribution in [0.15, 0.2) is 43.0 Å². The van der Waals surface area contributed by atoms with E-state index in [1.165, 1.54) is 6.92 Å². The van der Waals surface area contributed by atoms with Gasteiger partial charge in [0.05, 0.1) is 0 Å². The Morgan fingerprint density at radius 1 is 1.36 bits per heavy atom. The van der Waals surface area contributed by atoms with Gasteiger partial charge in [-0.25, -0.2) is 0 Å². The smallest absolute Gasteiger partial charge is 0.221 e. The first-order valence-electron chi connectivity index (χ1n) is 4.39. The molecule has 1 aromatic rings. The molecule has 1 amide bonds. The Labute approximate surface area is 84.0 Å². The van der Waals surface area contributed by atoms with Crippen molar-refractivity contribution in [2.75, 3.05) is 5.32 Å². The summed E-state index contributed by atoms with van der Waals surface area (Å²) < 4.78 is 0. The quantitative estimate of drug-likeness (QED) is 0.724. The SMILES string of the molecule is C=C/C=C/c1ccc(NC(C)=O)cc1. The molecule has 2 heteroatoms. The molecule has 0 spiro atoms. The van der Waals surface area contributed by atoms with Gasteiger partial charge in [-0.3, -0.25) is 4.79 Å². The molecular formula is C12H13NO. The average Bonchev–Trinajstić information content (AvgIpc) is 2.16. The number of carbonyl (C=O) groups is 1. The molecule has 0 radical (unpaired) electrons. The first kappa shape index (κ1) is 10.3. The second-order valence-corrected chi connectivity index (χ2v) is 2.90. The summed E-state index contributed by atoms with van der Waals surface area (Å²) >= 11 is 0. The maximum Gasteiger partial charge on any atom is 0.221 e. The molecule has 0 unspecified atom stereocenters. The standard InChI is InChI=1S/C12H13NO/c1-3-4-5-11-6-8-12(9-7-11)13-10(2)14/h3-9H,1H2,2H3,(H,13,14)/b5-4+. The summed E-state index contributed by atoms with van der Waals surface area (Å²) in [6.45, 7) is 5.08. The molecular weight excluding hydrogens is 174 g/mol. The number of hydrogen-bond donors (Lipinski definition) is 1. The average molecular weight is 187 g/mol. The second-order valence-electron chi connectivity index (χ2n) is 2.90. The molecule has 0 aliphatic rings. The van der Waals surface area contributed by atoms with Gasteiger partial charge in [0, 0.05) is 12.6 Å². The van der Waals surface area contributed by atoms with Crippen LogP contribution >= 0.6 is 0 Å². The molecule has 1 aromatic carbocycles. The minimum absolute atomic E-state index is 0.0561. The number of allylic oxidation sites excluding steroid dienone is 2. The highest BCUT2D eigenvalue weighted by Crippen LogP contribution is 2.10. The molecule has 0 atom stereocenters. The van der Waals surface area contributed by atoms with Gasteiger partial charge in [0.25, 0.3) is 0 Å². The minimum atomic E-state index is -0.0561. The monoisotopic (exact) mass is 187 g/mol. The Hall–Kier alpha value is -1.83. The van der Waals surface area contributed by atoms with Gasteiger partial charge in [-0.1, -0.05) is 36.9 Å². The lowest BCUT2D eigenvalue weighted by atomic mass is 10.2. The molecule has 0 bridgehead atoms. The Kier molecular flexibility index (Phi) is 3.68. The maximum absolute atomic E-state index is 10.7. The molecule has 2 nitrogen and oxygen atoms in total. The van der Waals surface area contributed by atoms with E-state index in [9.17, 15) is 4.79 Å². The van der Waals surface area contributed by atoms with E-state index < -0.39 is 0 Å². The predicted molar refractivity (Wildman–Crippen MR) is 60.0 cm³/mol. The highest BCUT2D eigenvalue weighted by molar-refractivity contribution is 5.88. The van der Waals surface area contributed by atoms with Crippen molar-refractivity contribution in [1.29, 1.82) is 0 Å². The summed E-state index contributed by atoms with van der Waals surface area (Å²) in [5, 5.41) is 2.70. The molecule has 0 saturated heterocycles. The Balaban J connectivity index is 2.73. The van der Waals surface area contributed by atoms with Gasteiger partial charge in [0.15, 0.2) is 0 Å². The fourth-order valence-electron chi connectivity index (χ4n) is 1.06. The summed E-state index contributed by atoms with van der Waals surface area (Å²) in [6.07, 6.45) is 5.54. The highest BCUT2D eigenvalue weighted by atomic mass is 16.1. The lowest BCUT2D eigenvalue weighted by Crippen LogP contribution is -2.05. The van der Waals surface area contributed by atoms with Crippen LogP contribution in [0.1, 0.15) is 12.5 Å². The fraction of sp³-hybridized carbons (Fsp3) is 0.0833. The number of hydrogen-bond acceptors (Lipinski definition) is 1. The summed E-state index contributed by atoms with van der Waals surface area (Å²) in [4.78, 5) is 10.7. The zero-order chi connectivity index (χ0) is 10.4. The first-order chi connectivity index (χ1) is 6.72. The van der Waals surface area contributed by atoms with Gasteiger partial charge < -0.3 is 5.32 Å². The van der Waals surface area contributed by atoms with Crippen LogP contribution in [0.5, 0.6) is 0 Å². The summed E-state index contributed by atoms with van der Waals surface area (Å²) in [5.74, 6) is -0.0561. The summed E-state index contributed by atoms with van der Waals surface area (Å²) in [5.41, 5.74) is 1.90. The number of rotatable bonds is 3. The van der Waals surface area contributed by atoms with Crippen molar-refractivity contribution >= 4 is 17.7 Å². The summed E-state index contributed by atoms with van der Waals surface area (Å²) in [7, 11) is 0. The molecule has 1 N–H and O–H groups in total. The predicted octanol–water partition coefficient (Wildman–Crippen LogP) is 2.84. The zero-order valence-corrected chi connectivity index (χ0v) is 8.16. The maximum atomic E-state index is 10.7. The molecule has 0 saturated carbocycles. The van der Waals surface area contributed by atoms with E-state index in [4.69, 9.17) is 0 Å². The Morgan fingerprint density at radius 2 is 2.00 bits per heavy atom. The van der Waals surface area contributed by atoms with Crippen LogP contribution in [-0.2, 0) is 4.79 Å². The van der Waals surface area contributed by atoms with Crippen LogP contribution in [0.3, 0.4) is 0 Å². The Bertz CT molecular complexity index is 349. The molecule has 0 aliphatic carbocycles. The normalized spacial score (nSPS) is 10.1. The molecule has 0 aromatic heterocycles. The van der Waals surface area contributed by atoms with Crippen molar-refractivity contribution < 1.29 is 4.79 Å². The number of carbonyl (C=O) groups excluding carboxylic acids is 1. The Morgan fingerprint density at radius 3 is 2.50 bits per heavy atom. The molecule has 0 heterocycles. The van der Waals surface area contributed by atoms with Gasteiger partial charge in [0.1, 0.15) is 0 Å². The number of amides is 1. The molecule has 72 valence electrons. The van der Waals surface area contributed by atoms with E-state index in [1.54, 1.807) is 6.08 Å². The van der Waals surface area contributed by atoms with E-state index in [0.717, 1.165) is 11.3 Å². The molecule has 1 rings (SSSR count). The van der Waals surface area contributed by atoms with Crippen LogP contribution in [0.4, 0.5) is 5.69 Å². The number of nitrogens with one attached hydrogen (secondary N) is 1. The van der Waals surface area contributed by atoms with Gasteiger partial charge in [0.2, 0.25) is 5.91 Å². The van der Waals surface area contributed by atoms with E-state index in [-0.39, 0.29) is 5.91 Å². The van der Waals surface area contributed by atoms with E-state index >= 15 is 0 Å². The van der Waals surface area contributed by atoms with Crippen molar-refractivity contribution in [1.82, 2.24) is 0 Å².